The first-order valence-electron chi connectivity index (χ1n) is 22.8. The largest absolute Gasteiger partial charge is 0.334 e. The lowest BCUT2D eigenvalue weighted by molar-refractivity contribution is 0.659. The van der Waals surface area contributed by atoms with Crippen molar-refractivity contribution in [1.82, 2.24) is 4.57 Å². The van der Waals surface area contributed by atoms with Gasteiger partial charge in [0, 0.05) is 43.5 Å². The highest BCUT2D eigenvalue weighted by molar-refractivity contribution is 7.67. The van der Waals surface area contributed by atoms with Crippen LogP contribution in [0.15, 0.2) is 200 Å². The second-order valence-corrected chi connectivity index (χ2v) is 20.5. The van der Waals surface area contributed by atoms with E-state index in [1.54, 1.807) is 0 Å². The second kappa shape index (κ2) is 14.5. The summed E-state index contributed by atoms with van der Waals surface area (Å²) in [5.74, 6) is 0. The Hall–Kier alpha value is -7.12. The number of para-hydroxylation sites is 1. The van der Waals surface area contributed by atoms with E-state index >= 15 is 0 Å². The van der Waals surface area contributed by atoms with Crippen LogP contribution in [0.25, 0.3) is 82.1 Å². The van der Waals surface area contributed by atoms with Crippen molar-refractivity contribution in [3.63, 3.8) is 0 Å². The topological polar surface area (TPSA) is 8.17 Å². The van der Waals surface area contributed by atoms with Crippen molar-refractivity contribution in [2.24, 2.45) is 0 Å². The van der Waals surface area contributed by atoms with Crippen molar-refractivity contribution in [2.45, 2.75) is 44.6 Å². The Morgan fingerprint density at radius 1 is 0.578 bits per heavy atom. The van der Waals surface area contributed by atoms with Gasteiger partial charge in [-0.1, -0.05) is 155 Å². The summed E-state index contributed by atoms with van der Waals surface area (Å²) in [5.41, 5.74) is 17.0. The molecule has 0 saturated carbocycles. The van der Waals surface area contributed by atoms with Crippen molar-refractivity contribution in [1.29, 1.82) is 0 Å². The first-order valence-corrected chi connectivity index (χ1v) is 24.2. The molecule has 64 heavy (non-hydrogen) atoms. The molecule has 0 bridgehead atoms. The maximum Gasteiger partial charge on any atom is 0.0559 e. The van der Waals surface area contributed by atoms with E-state index in [9.17, 15) is 0 Å². The normalized spacial score (nSPS) is 16.2. The number of benzene rings is 8. The van der Waals surface area contributed by atoms with E-state index in [1.807, 2.05) is 0 Å². The molecule has 2 unspecified atom stereocenters. The fourth-order valence-corrected chi connectivity index (χ4v) is 14.0. The molecule has 2 heterocycles. The van der Waals surface area contributed by atoms with Crippen LogP contribution in [0.1, 0.15) is 48.9 Å². The van der Waals surface area contributed by atoms with E-state index in [-0.39, 0.29) is 11.5 Å². The summed E-state index contributed by atoms with van der Waals surface area (Å²) >= 11 is 0. The molecule has 10 aromatic rings. The Kier molecular flexibility index (Phi) is 8.46. The molecular formula is C61H47N2P. The molecule has 2 nitrogen and oxygen atoms in total. The molecule has 2 atom stereocenters. The van der Waals surface area contributed by atoms with E-state index < -0.39 is 7.53 Å². The Balaban J connectivity index is 1.01. The number of anilines is 2. The number of hydrogen-bond acceptors (Lipinski definition) is 1. The number of aromatic nitrogens is 1. The predicted octanol–water partition coefficient (Wildman–Crippen LogP) is 17.0. The van der Waals surface area contributed by atoms with Crippen LogP contribution < -0.4 is 4.90 Å². The van der Waals surface area contributed by atoms with Gasteiger partial charge in [0.15, 0.2) is 0 Å². The molecule has 2 aromatic heterocycles. The molecule has 0 N–H and O–H groups in total. The molecule has 0 aliphatic heterocycles. The second-order valence-electron chi connectivity index (χ2n) is 18.4. The summed E-state index contributed by atoms with van der Waals surface area (Å²) in [7, 11) is -0.730. The van der Waals surface area contributed by atoms with Gasteiger partial charge < -0.3 is 9.47 Å². The van der Waals surface area contributed by atoms with Crippen molar-refractivity contribution in [2.75, 3.05) is 4.90 Å². The van der Waals surface area contributed by atoms with Crippen molar-refractivity contribution >= 4 is 67.8 Å². The Morgan fingerprint density at radius 3 is 2.09 bits per heavy atom. The lowest BCUT2D eigenvalue weighted by Gasteiger charge is -2.34. The highest BCUT2D eigenvalue weighted by atomic mass is 31.1. The van der Waals surface area contributed by atoms with Gasteiger partial charge in [0.1, 0.15) is 0 Å². The highest BCUT2D eigenvalue weighted by Gasteiger charge is 2.36. The molecule has 0 spiro atoms. The summed E-state index contributed by atoms with van der Waals surface area (Å²) in [6.07, 6.45) is 16.8. The van der Waals surface area contributed by atoms with Gasteiger partial charge in [0.25, 0.3) is 0 Å². The number of fused-ring (bicyclic) bond motifs is 11. The predicted molar refractivity (Wildman–Crippen MR) is 275 cm³/mol. The van der Waals surface area contributed by atoms with Crippen LogP contribution in [0.5, 0.6) is 0 Å². The van der Waals surface area contributed by atoms with Crippen LogP contribution in [0.4, 0.5) is 11.4 Å². The number of nitrogens with zero attached hydrogens (tertiary/aromatic N) is 2. The van der Waals surface area contributed by atoms with Gasteiger partial charge in [-0.05, 0) is 153 Å². The SMILES string of the molecule is CC1(C)c2ccccc2-c2ccc(N(c3ccc4c(c3)c3cc(-c5ccc6c(c5)c5c7c(ccc5n6-c5ccccc5)C=CCC7)ccc3p4-c3ccccc3)C3C=CC=CC3)cc21. The van der Waals surface area contributed by atoms with Crippen LogP contribution >= 0.6 is 7.53 Å². The quantitative estimate of drug-likeness (QED) is 0.162. The summed E-state index contributed by atoms with van der Waals surface area (Å²) in [6, 6.07) is 65.0. The first kappa shape index (κ1) is 37.4. The molecular weight excluding hydrogens is 792 g/mol. The molecule has 306 valence electrons. The fraction of sp³-hybridized carbons (Fsp3) is 0.115. The van der Waals surface area contributed by atoms with Gasteiger partial charge in [-0.15, -0.1) is 0 Å². The molecule has 8 aromatic carbocycles. The van der Waals surface area contributed by atoms with Gasteiger partial charge in [-0.3, -0.25) is 0 Å². The third-order valence-corrected chi connectivity index (χ3v) is 17.0. The zero-order valence-electron chi connectivity index (χ0n) is 36.2. The number of allylic oxidation sites excluding steroid dienone is 3. The Morgan fingerprint density at radius 2 is 1.27 bits per heavy atom. The van der Waals surface area contributed by atoms with E-state index in [4.69, 9.17) is 0 Å². The van der Waals surface area contributed by atoms with Gasteiger partial charge in [-0.2, -0.15) is 0 Å². The molecule has 0 amide bonds. The van der Waals surface area contributed by atoms with Crippen LogP contribution in [-0.2, 0) is 11.8 Å². The molecule has 0 fully saturated rings. The van der Waals surface area contributed by atoms with Gasteiger partial charge in [0.2, 0.25) is 0 Å². The highest BCUT2D eigenvalue weighted by Crippen LogP contribution is 2.57. The van der Waals surface area contributed by atoms with Crippen LogP contribution in [0, 0.1) is 0 Å². The third kappa shape index (κ3) is 5.65. The summed E-state index contributed by atoms with van der Waals surface area (Å²) in [5, 5.41) is 9.67. The van der Waals surface area contributed by atoms with Crippen LogP contribution in [-0.4, -0.2) is 10.6 Å². The third-order valence-electron chi connectivity index (χ3n) is 14.5. The van der Waals surface area contributed by atoms with Gasteiger partial charge in [0.05, 0.1) is 17.1 Å². The Labute approximate surface area is 375 Å². The standard InChI is InChI=1S/C61H47N2P/c1-61(2)54-25-15-14-24-49(54)50-31-29-46(39-55(50)61)62(43-17-6-3-7-18-43)45-30-35-59-52(38-45)51-36-42(28-34-58(51)64(59)47-21-10-5-11-22-47)41-27-32-56-53(37-41)60-48-23-13-12-16-40(48)26-33-57(60)63(56)44-19-8-4-9-20-44/h3-12,14-17,19-22,24-39,43H,13,18,23H2,1-2H3. The lowest BCUT2D eigenvalue weighted by Crippen LogP contribution is -2.30. The number of aryl methyl sites for hydroxylation is 1. The van der Waals surface area contributed by atoms with Crippen LogP contribution in [0.2, 0.25) is 0 Å². The minimum absolute atomic E-state index is 0.0788. The van der Waals surface area contributed by atoms with E-state index in [0.717, 1.165) is 19.3 Å². The summed E-state index contributed by atoms with van der Waals surface area (Å²) in [6.45, 7) is 4.77. The average Bonchev–Trinajstić information content (AvgIpc) is 3.94. The summed E-state index contributed by atoms with van der Waals surface area (Å²) < 4.78 is 2.46. The first-order chi connectivity index (χ1) is 31.5. The van der Waals surface area contributed by atoms with E-state index in [2.05, 4.69) is 230 Å². The molecule has 0 radical (unpaired) electrons. The van der Waals surface area contributed by atoms with Crippen molar-refractivity contribution in [3.8, 4) is 33.2 Å². The molecule has 3 aliphatic carbocycles. The van der Waals surface area contributed by atoms with Crippen LogP contribution in [0.3, 0.4) is 0 Å². The maximum absolute atomic E-state index is 2.60. The van der Waals surface area contributed by atoms with Gasteiger partial charge >= 0.3 is 0 Å². The maximum atomic E-state index is 2.60. The lowest BCUT2D eigenvalue weighted by atomic mass is 9.82. The minimum Gasteiger partial charge on any atom is -0.334 e. The fourth-order valence-electron chi connectivity index (χ4n) is 11.4. The molecule has 13 rings (SSSR count). The number of rotatable bonds is 6. The monoisotopic (exact) mass is 838 g/mol. The molecule has 3 aliphatic rings. The minimum atomic E-state index is -0.730. The van der Waals surface area contributed by atoms with Crippen molar-refractivity contribution in [3.05, 3.63) is 222 Å². The van der Waals surface area contributed by atoms with E-state index in [0.29, 0.717) is 0 Å². The molecule has 0 saturated heterocycles. The van der Waals surface area contributed by atoms with Gasteiger partial charge in [-0.25, -0.2) is 0 Å². The zero-order valence-corrected chi connectivity index (χ0v) is 37.1. The molecule has 3 heteroatoms. The smallest absolute Gasteiger partial charge is 0.0559 e. The zero-order chi connectivity index (χ0) is 42.5. The summed E-state index contributed by atoms with van der Waals surface area (Å²) in [4.78, 5) is 2.60. The average molecular weight is 839 g/mol. The number of hydrogen-bond donors (Lipinski definition) is 0. The Bertz CT molecular complexity index is 3620. The van der Waals surface area contributed by atoms with E-state index in [1.165, 1.54) is 110 Å². The van der Waals surface area contributed by atoms with Crippen molar-refractivity contribution < 1.29 is 0 Å².